The minimum Gasteiger partial charge on any atom is -0.403 e. The van der Waals surface area contributed by atoms with Crippen molar-refractivity contribution in [3.05, 3.63) is 78.4 Å². The topological polar surface area (TPSA) is 105 Å². The lowest BCUT2D eigenvalue weighted by molar-refractivity contribution is 1.10. The third kappa shape index (κ3) is 3.44. The van der Waals surface area contributed by atoms with Crippen LogP contribution in [0.1, 0.15) is 0 Å². The van der Waals surface area contributed by atoms with Crippen LogP contribution in [0.4, 0.5) is 11.5 Å². The van der Waals surface area contributed by atoms with E-state index < -0.39 is 0 Å². The molecule has 1 aromatic heterocycles. The molecule has 2 aromatic carbocycles. The monoisotopic (exact) mass is 306 g/mol. The van der Waals surface area contributed by atoms with E-state index in [4.69, 9.17) is 11.5 Å². The molecule has 0 fully saturated rings. The molecule has 6 nitrogen and oxygen atoms in total. The molecule has 7 N–H and O–H groups in total. The van der Waals surface area contributed by atoms with E-state index in [0.717, 1.165) is 16.6 Å². The molecule has 0 aliphatic carbocycles. The van der Waals surface area contributed by atoms with Crippen molar-refractivity contribution in [1.82, 2.24) is 10.2 Å². The summed E-state index contributed by atoms with van der Waals surface area (Å²) in [5, 5.41) is 14.4. The number of hydrogen-bond donors (Lipinski definition) is 5. The van der Waals surface area contributed by atoms with E-state index in [1.165, 1.54) is 6.20 Å². The minimum absolute atomic E-state index is 0.433. The van der Waals surface area contributed by atoms with E-state index in [0.29, 0.717) is 17.3 Å². The quantitative estimate of drug-likeness (QED) is 0.466. The van der Waals surface area contributed by atoms with Gasteiger partial charge in [0.1, 0.15) is 5.82 Å². The van der Waals surface area contributed by atoms with Gasteiger partial charge in [0, 0.05) is 23.3 Å². The second-order valence-corrected chi connectivity index (χ2v) is 4.96. The summed E-state index contributed by atoms with van der Waals surface area (Å²) in [4.78, 5) is 0. The summed E-state index contributed by atoms with van der Waals surface area (Å²) < 4.78 is 0. The number of H-pyrrole nitrogens is 1. The third-order valence-corrected chi connectivity index (χ3v) is 3.29. The Balaban J connectivity index is 1.76. The van der Waals surface area contributed by atoms with Gasteiger partial charge in [-0.15, -0.1) is 0 Å². The van der Waals surface area contributed by atoms with Crippen molar-refractivity contribution in [3.8, 4) is 0 Å². The average Bonchev–Trinajstić information content (AvgIpc) is 2.98. The Bertz CT molecular complexity index is 848. The Morgan fingerprint density at radius 2 is 1.74 bits per heavy atom. The van der Waals surface area contributed by atoms with Gasteiger partial charge in [-0.25, -0.2) is 0 Å². The molecule has 0 unspecified atom stereocenters. The Hall–Kier alpha value is -3.41. The number of anilines is 2. The van der Waals surface area contributed by atoms with Gasteiger partial charge in [-0.05, 0) is 24.3 Å². The largest absolute Gasteiger partial charge is 0.403 e. The van der Waals surface area contributed by atoms with Crippen LogP contribution in [0.2, 0.25) is 0 Å². The van der Waals surface area contributed by atoms with Crippen molar-refractivity contribution >= 4 is 22.4 Å². The number of benzene rings is 2. The van der Waals surface area contributed by atoms with E-state index in [1.54, 1.807) is 6.08 Å². The summed E-state index contributed by atoms with van der Waals surface area (Å²) in [5.74, 6) is 1.10. The number of nitrogens with two attached hydrogens (primary N) is 2. The zero-order valence-corrected chi connectivity index (χ0v) is 12.5. The zero-order valence-electron chi connectivity index (χ0n) is 12.5. The number of nitrogens with zero attached hydrogens (tertiary/aromatic N) is 1. The van der Waals surface area contributed by atoms with Gasteiger partial charge in [-0.1, -0.05) is 30.3 Å². The first kappa shape index (κ1) is 14.5. The number of aromatic nitrogens is 2. The molecule has 0 radical (unpaired) electrons. The summed E-state index contributed by atoms with van der Waals surface area (Å²) in [6, 6.07) is 17.5. The summed E-state index contributed by atoms with van der Waals surface area (Å²) in [5.41, 5.74) is 14.3. The predicted octanol–water partition coefficient (Wildman–Crippen LogP) is 2.69. The SMILES string of the molecule is N/C=C(\C=C(/N)Nc1n[nH]c2ccccc12)Nc1ccccc1. The molecule has 23 heavy (non-hydrogen) atoms. The van der Waals surface area contributed by atoms with Gasteiger partial charge in [-0.2, -0.15) is 5.10 Å². The smallest absolute Gasteiger partial charge is 0.161 e. The number of fused-ring (bicyclic) bond motifs is 1. The highest BCUT2D eigenvalue weighted by molar-refractivity contribution is 5.90. The molecule has 0 bridgehead atoms. The van der Waals surface area contributed by atoms with Crippen LogP contribution in [-0.2, 0) is 0 Å². The number of hydrogen-bond acceptors (Lipinski definition) is 5. The van der Waals surface area contributed by atoms with Gasteiger partial charge in [0.15, 0.2) is 5.82 Å². The van der Waals surface area contributed by atoms with Crippen molar-refractivity contribution in [2.45, 2.75) is 0 Å². The standard InChI is InChI=1S/C17H18N6/c18-11-13(20-12-6-2-1-3-7-12)10-16(19)21-17-14-8-4-5-9-15(14)22-23-17/h1-11,20H,18-19H2,(H2,21,22,23)/b13-11+,16-10+. The summed E-state index contributed by atoms with van der Waals surface area (Å²) in [6.45, 7) is 0. The van der Waals surface area contributed by atoms with E-state index >= 15 is 0 Å². The normalized spacial score (nSPS) is 12.3. The summed E-state index contributed by atoms with van der Waals surface area (Å²) in [7, 11) is 0. The van der Waals surface area contributed by atoms with E-state index in [9.17, 15) is 0 Å². The maximum Gasteiger partial charge on any atom is 0.161 e. The van der Waals surface area contributed by atoms with Crippen molar-refractivity contribution in [2.75, 3.05) is 10.6 Å². The van der Waals surface area contributed by atoms with Crippen LogP contribution in [0.3, 0.4) is 0 Å². The minimum atomic E-state index is 0.433. The predicted molar refractivity (Wildman–Crippen MR) is 94.3 cm³/mol. The van der Waals surface area contributed by atoms with Gasteiger partial charge in [0.25, 0.3) is 0 Å². The van der Waals surface area contributed by atoms with E-state index in [2.05, 4.69) is 20.8 Å². The van der Waals surface area contributed by atoms with Crippen LogP contribution in [0.15, 0.2) is 78.4 Å². The molecular weight excluding hydrogens is 288 g/mol. The van der Waals surface area contributed by atoms with Gasteiger partial charge < -0.3 is 22.1 Å². The first-order valence-corrected chi connectivity index (χ1v) is 7.17. The Morgan fingerprint density at radius 3 is 2.52 bits per heavy atom. The fourth-order valence-corrected chi connectivity index (χ4v) is 2.21. The van der Waals surface area contributed by atoms with Crippen molar-refractivity contribution < 1.29 is 0 Å². The van der Waals surface area contributed by atoms with Crippen LogP contribution >= 0.6 is 0 Å². The summed E-state index contributed by atoms with van der Waals surface area (Å²) >= 11 is 0. The molecule has 116 valence electrons. The lowest BCUT2D eigenvalue weighted by Crippen LogP contribution is -2.12. The molecule has 0 spiro atoms. The highest BCUT2D eigenvalue weighted by atomic mass is 15.2. The zero-order chi connectivity index (χ0) is 16.1. The molecule has 3 rings (SSSR count). The van der Waals surface area contributed by atoms with E-state index in [1.807, 2.05) is 54.6 Å². The number of allylic oxidation sites excluding steroid dienone is 1. The Kier molecular flexibility index (Phi) is 4.15. The molecule has 0 aliphatic rings. The average molecular weight is 306 g/mol. The van der Waals surface area contributed by atoms with Crippen molar-refractivity contribution in [1.29, 1.82) is 0 Å². The Morgan fingerprint density at radius 1 is 1.00 bits per heavy atom. The molecular formula is C17H18N6. The molecule has 0 saturated carbocycles. The fourth-order valence-electron chi connectivity index (χ4n) is 2.21. The third-order valence-electron chi connectivity index (χ3n) is 3.29. The second-order valence-electron chi connectivity index (χ2n) is 4.96. The Labute approximate surface area is 133 Å². The van der Waals surface area contributed by atoms with Crippen LogP contribution < -0.4 is 22.1 Å². The first-order chi connectivity index (χ1) is 11.3. The molecule has 3 aromatic rings. The summed E-state index contributed by atoms with van der Waals surface area (Å²) in [6.07, 6.45) is 3.18. The highest BCUT2D eigenvalue weighted by Crippen LogP contribution is 2.20. The van der Waals surface area contributed by atoms with Gasteiger partial charge in [-0.3, -0.25) is 5.10 Å². The first-order valence-electron chi connectivity index (χ1n) is 7.17. The molecule has 0 atom stereocenters. The van der Waals surface area contributed by atoms with Crippen LogP contribution in [-0.4, -0.2) is 10.2 Å². The maximum atomic E-state index is 6.05. The highest BCUT2D eigenvalue weighted by Gasteiger charge is 2.05. The number of nitrogens with one attached hydrogen (secondary N) is 3. The molecule has 6 heteroatoms. The molecule has 0 aliphatic heterocycles. The van der Waals surface area contributed by atoms with Crippen LogP contribution in [0.25, 0.3) is 10.9 Å². The lowest BCUT2D eigenvalue weighted by Gasteiger charge is -2.09. The number of aromatic amines is 1. The van der Waals surface area contributed by atoms with Gasteiger partial charge in [0.05, 0.1) is 11.2 Å². The second kappa shape index (κ2) is 6.57. The molecule has 0 amide bonds. The van der Waals surface area contributed by atoms with Crippen LogP contribution in [0.5, 0.6) is 0 Å². The van der Waals surface area contributed by atoms with Crippen molar-refractivity contribution in [3.63, 3.8) is 0 Å². The van der Waals surface area contributed by atoms with Gasteiger partial charge >= 0.3 is 0 Å². The number of rotatable bonds is 5. The van der Waals surface area contributed by atoms with E-state index in [-0.39, 0.29) is 0 Å². The molecule has 1 heterocycles. The lowest BCUT2D eigenvalue weighted by atomic mass is 10.2. The van der Waals surface area contributed by atoms with Crippen LogP contribution in [0, 0.1) is 0 Å². The molecule has 0 saturated heterocycles. The fraction of sp³-hybridized carbons (Fsp3) is 0. The number of para-hydroxylation sites is 2. The van der Waals surface area contributed by atoms with Gasteiger partial charge in [0.2, 0.25) is 0 Å². The van der Waals surface area contributed by atoms with Crippen molar-refractivity contribution in [2.24, 2.45) is 11.5 Å². The maximum absolute atomic E-state index is 6.05.